The molecule has 4 heteroatoms. The van der Waals surface area contributed by atoms with Crippen molar-refractivity contribution in [3.63, 3.8) is 0 Å². The molecular formula is C11H11Cl3Zr. The smallest absolute Gasteiger partial charge is 1.00 e. The van der Waals surface area contributed by atoms with Gasteiger partial charge in [-0.15, -0.1) is 36.1 Å². The molecular weight excluding hydrogens is 330 g/mol. The van der Waals surface area contributed by atoms with E-state index in [1.807, 2.05) is 0 Å². The normalized spacial score (nSPS) is 16.5. The number of hydrogen-bond donors (Lipinski definition) is 0. The van der Waals surface area contributed by atoms with Crippen LogP contribution in [-0.4, -0.2) is 0 Å². The van der Waals surface area contributed by atoms with Gasteiger partial charge in [0.15, 0.2) is 0 Å². The Labute approximate surface area is 129 Å². The van der Waals surface area contributed by atoms with E-state index in [-0.39, 0.29) is 63.4 Å². The second kappa shape index (κ2) is 11.2. The first kappa shape index (κ1) is 21.0. The van der Waals surface area contributed by atoms with Crippen LogP contribution in [0.25, 0.3) is 0 Å². The molecule has 2 aliphatic rings. The monoisotopic (exact) mass is 338 g/mol. The van der Waals surface area contributed by atoms with Crippen molar-refractivity contribution in [3.8, 4) is 0 Å². The zero-order valence-electron chi connectivity index (χ0n) is 7.98. The summed E-state index contributed by atoms with van der Waals surface area (Å²) in [6, 6.07) is 0. The standard InChI is InChI=1S/C11H11.3ClH.Zr/c1-2-6-10(5-1)9-11-7-3-4-8-11;;;;/h1-11H;3*1H;/q-1;;;;+4/p-3. The van der Waals surface area contributed by atoms with E-state index in [0.717, 1.165) is 0 Å². The second-order valence-corrected chi connectivity index (χ2v) is 2.89. The molecule has 0 amide bonds. The number of halogens is 3. The van der Waals surface area contributed by atoms with Crippen LogP contribution in [0.3, 0.4) is 0 Å². The summed E-state index contributed by atoms with van der Waals surface area (Å²) < 4.78 is 0. The van der Waals surface area contributed by atoms with E-state index >= 15 is 0 Å². The second-order valence-electron chi connectivity index (χ2n) is 2.89. The molecule has 2 rings (SSSR count). The Morgan fingerprint density at radius 1 is 0.600 bits per heavy atom. The van der Waals surface area contributed by atoms with Crippen LogP contribution in [0.15, 0.2) is 48.6 Å². The zero-order valence-corrected chi connectivity index (χ0v) is 12.7. The molecule has 0 aromatic rings. The zero-order chi connectivity index (χ0) is 7.52. The van der Waals surface area contributed by atoms with Gasteiger partial charge in [0.25, 0.3) is 0 Å². The first-order valence-electron chi connectivity index (χ1n) is 4.00. The van der Waals surface area contributed by atoms with Crippen molar-refractivity contribution >= 4 is 0 Å². The Hall–Kier alpha value is 0.713. The molecule has 15 heavy (non-hydrogen) atoms. The molecule has 0 atom stereocenters. The molecule has 2 aliphatic carbocycles. The minimum Gasteiger partial charge on any atom is -1.00 e. The first-order chi connectivity index (χ1) is 5.45. The summed E-state index contributed by atoms with van der Waals surface area (Å²) in [5.41, 5.74) is 0. The van der Waals surface area contributed by atoms with Crippen molar-refractivity contribution in [1.82, 2.24) is 0 Å². The van der Waals surface area contributed by atoms with Crippen LogP contribution >= 0.6 is 0 Å². The molecule has 0 fully saturated rings. The van der Waals surface area contributed by atoms with Crippen molar-refractivity contribution in [3.05, 3.63) is 55.0 Å². The fourth-order valence-electron chi connectivity index (χ4n) is 1.41. The number of allylic oxidation sites excluding steroid dienone is 8. The SMILES string of the molecule is C1=CC([CH-]C2C=CC=C2)C=C1.[Cl-].[Cl-].[Cl-].[Zr+4]. The Morgan fingerprint density at radius 2 is 0.867 bits per heavy atom. The minimum absolute atomic E-state index is 0. The van der Waals surface area contributed by atoms with Gasteiger partial charge in [-0.1, -0.05) is 24.3 Å². The van der Waals surface area contributed by atoms with Gasteiger partial charge in [-0.2, -0.15) is 0 Å². The third-order valence-electron chi connectivity index (χ3n) is 2.00. The van der Waals surface area contributed by atoms with Crippen LogP contribution in [0, 0.1) is 18.3 Å². The molecule has 0 aromatic carbocycles. The summed E-state index contributed by atoms with van der Waals surface area (Å²) >= 11 is 0. The summed E-state index contributed by atoms with van der Waals surface area (Å²) in [5.74, 6) is 1.10. The van der Waals surface area contributed by atoms with Crippen molar-refractivity contribution in [2.24, 2.45) is 11.8 Å². The summed E-state index contributed by atoms with van der Waals surface area (Å²) in [4.78, 5) is 0. The summed E-state index contributed by atoms with van der Waals surface area (Å²) in [7, 11) is 0. The van der Waals surface area contributed by atoms with Gasteiger partial charge < -0.3 is 43.6 Å². The predicted octanol–water partition coefficient (Wildman–Crippen LogP) is -6.32. The van der Waals surface area contributed by atoms with E-state index in [2.05, 4.69) is 55.0 Å². The number of hydrogen-bond acceptors (Lipinski definition) is 0. The molecule has 80 valence electrons. The number of rotatable bonds is 2. The van der Waals surface area contributed by atoms with Crippen LogP contribution in [0.5, 0.6) is 0 Å². The van der Waals surface area contributed by atoms with Crippen molar-refractivity contribution in [2.45, 2.75) is 0 Å². The van der Waals surface area contributed by atoms with E-state index in [0.29, 0.717) is 11.8 Å². The van der Waals surface area contributed by atoms with Gasteiger partial charge in [0.1, 0.15) is 0 Å². The molecule has 0 radical (unpaired) electrons. The molecule has 0 aliphatic heterocycles. The summed E-state index contributed by atoms with van der Waals surface area (Å²) in [6.45, 7) is 0. The Morgan fingerprint density at radius 3 is 1.13 bits per heavy atom. The van der Waals surface area contributed by atoms with Gasteiger partial charge in [0.05, 0.1) is 0 Å². The van der Waals surface area contributed by atoms with E-state index in [4.69, 9.17) is 0 Å². The van der Waals surface area contributed by atoms with E-state index in [1.165, 1.54) is 0 Å². The molecule has 0 bridgehead atoms. The van der Waals surface area contributed by atoms with Gasteiger partial charge in [-0.3, -0.25) is 0 Å². The van der Waals surface area contributed by atoms with Crippen LogP contribution in [0.2, 0.25) is 0 Å². The maximum Gasteiger partial charge on any atom is 4.00 e. The molecule has 0 unspecified atom stereocenters. The average molecular weight is 341 g/mol. The molecule has 0 spiro atoms. The topological polar surface area (TPSA) is 0 Å². The van der Waals surface area contributed by atoms with Crippen LogP contribution in [0.4, 0.5) is 0 Å². The molecule has 0 aromatic heterocycles. The molecule has 0 heterocycles. The van der Waals surface area contributed by atoms with Gasteiger partial charge in [-0.05, 0) is 0 Å². The van der Waals surface area contributed by atoms with Crippen LogP contribution in [0.1, 0.15) is 0 Å². The molecule has 0 saturated heterocycles. The maximum absolute atomic E-state index is 2.33. The van der Waals surface area contributed by atoms with Gasteiger partial charge in [-0.25, -0.2) is 0 Å². The van der Waals surface area contributed by atoms with E-state index < -0.39 is 0 Å². The van der Waals surface area contributed by atoms with Gasteiger partial charge in [0.2, 0.25) is 0 Å². The van der Waals surface area contributed by atoms with Crippen molar-refractivity contribution in [1.29, 1.82) is 0 Å². The Kier molecular flexibility index (Phi) is 15.7. The molecule has 0 nitrogen and oxygen atoms in total. The van der Waals surface area contributed by atoms with Crippen molar-refractivity contribution in [2.75, 3.05) is 0 Å². The van der Waals surface area contributed by atoms with E-state index in [9.17, 15) is 0 Å². The summed E-state index contributed by atoms with van der Waals surface area (Å²) in [5, 5.41) is 0. The molecule has 0 saturated carbocycles. The van der Waals surface area contributed by atoms with Gasteiger partial charge >= 0.3 is 26.2 Å². The largest absolute Gasteiger partial charge is 4.00 e. The maximum atomic E-state index is 2.33. The third-order valence-corrected chi connectivity index (χ3v) is 2.00. The summed E-state index contributed by atoms with van der Waals surface area (Å²) in [6.07, 6.45) is 19.6. The Bertz CT molecular complexity index is 207. The predicted molar refractivity (Wildman–Crippen MR) is 47.8 cm³/mol. The van der Waals surface area contributed by atoms with Crippen molar-refractivity contribution < 1.29 is 63.4 Å². The molecule has 0 N–H and O–H groups in total. The van der Waals surface area contributed by atoms with Crippen LogP contribution < -0.4 is 37.2 Å². The third kappa shape index (κ3) is 6.79. The minimum atomic E-state index is 0. The van der Waals surface area contributed by atoms with Gasteiger partial charge in [0, 0.05) is 0 Å². The quantitative estimate of drug-likeness (QED) is 0.439. The average Bonchev–Trinajstić information content (AvgIpc) is 2.60. The fraction of sp³-hybridized carbons (Fsp3) is 0.182. The van der Waals surface area contributed by atoms with E-state index in [1.54, 1.807) is 0 Å². The fourth-order valence-corrected chi connectivity index (χ4v) is 1.41. The first-order valence-corrected chi connectivity index (χ1v) is 4.00. The van der Waals surface area contributed by atoms with Crippen LogP contribution in [-0.2, 0) is 26.2 Å². The Balaban J connectivity index is -0.000000360.